The van der Waals surface area contributed by atoms with Gasteiger partial charge in [0.05, 0.1) is 0 Å². The van der Waals surface area contributed by atoms with Gasteiger partial charge in [-0.15, -0.1) is 11.3 Å². The van der Waals surface area contributed by atoms with E-state index in [-0.39, 0.29) is 5.43 Å². The first-order valence-electron chi connectivity index (χ1n) is 6.66. The van der Waals surface area contributed by atoms with Crippen molar-refractivity contribution in [3.05, 3.63) is 58.3 Å². The molecule has 96 valence electrons. The highest BCUT2D eigenvalue weighted by atomic mass is 32.1. The highest BCUT2D eigenvalue weighted by molar-refractivity contribution is 7.24. The third-order valence-corrected chi connectivity index (χ3v) is 4.93. The largest absolute Gasteiger partial charge is 0.289 e. The van der Waals surface area contributed by atoms with E-state index in [9.17, 15) is 4.79 Å². The molecule has 1 heterocycles. The maximum absolute atomic E-state index is 12.6. The van der Waals surface area contributed by atoms with Gasteiger partial charge >= 0.3 is 0 Å². The van der Waals surface area contributed by atoms with E-state index in [1.807, 2.05) is 24.3 Å². The summed E-state index contributed by atoms with van der Waals surface area (Å²) in [5.74, 6) is 0.500. The van der Waals surface area contributed by atoms with E-state index in [1.54, 1.807) is 11.3 Å². The van der Waals surface area contributed by atoms with Crippen LogP contribution in [0.15, 0.2) is 47.3 Å². The molecule has 0 radical (unpaired) electrons. The van der Waals surface area contributed by atoms with Gasteiger partial charge in [-0.05, 0) is 42.2 Å². The zero-order valence-corrected chi connectivity index (χ0v) is 12.0. The van der Waals surface area contributed by atoms with Crippen molar-refractivity contribution < 1.29 is 0 Å². The van der Waals surface area contributed by atoms with Gasteiger partial charge in [0.25, 0.3) is 0 Å². The first-order chi connectivity index (χ1) is 9.20. The van der Waals surface area contributed by atoms with Crippen LogP contribution in [-0.4, -0.2) is 0 Å². The van der Waals surface area contributed by atoms with E-state index in [4.69, 9.17) is 0 Å². The van der Waals surface area contributed by atoms with Crippen molar-refractivity contribution in [1.29, 1.82) is 0 Å². The SMILES string of the molecule is CCC(C)c1ccc2sc3ccccc3c(=O)c2c1. The zero-order valence-electron chi connectivity index (χ0n) is 11.1. The lowest BCUT2D eigenvalue weighted by atomic mass is 9.97. The molecule has 0 fully saturated rings. The van der Waals surface area contributed by atoms with Crippen molar-refractivity contribution in [2.24, 2.45) is 0 Å². The van der Waals surface area contributed by atoms with Gasteiger partial charge < -0.3 is 0 Å². The molecule has 2 aromatic carbocycles. The Hall–Kier alpha value is -1.67. The van der Waals surface area contributed by atoms with Gasteiger partial charge in [-0.1, -0.05) is 32.0 Å². The number of rotatable bonds is 2. The molecule has 3 aromatic rings. The lowest BCUT2D eigenvalue weighted by molar-refractivity contribution is 0.735. The maximum atomic E-state index is 12.6. The smallest absolute Gasteiger partial charge is 0.195 e. The molecule has 0 saturated heterocycles. The second-order valence-electron chi connectivity index (χ2n) is 4.99. The van der Waals surface area contributed by atoms with Crippen LogP contribution in [0.2, 0.25) is 0 Å². The predicted molar refractivity (Wildman–Crippen MR) is 84.3 cm³/mol. The second-order valence-corrected chi connectivity index (χ2v) is 6.08. The van der Waals surface area contributed by atoms with E-state index in [2.05, 4.69) is 32.0 Å². The van der Waals surface area contributed by atoms with Crippen molar-refractivity contribution in [3.8, 4) is 0 Å². The molecule has 1 unspecified atom stereocenters. The molecule has 0 bridgehead atoms. The minimum Gasteiger partial charge on any atom is -0.289 e. The third-order valence-electron chi connectivity index (χ3n) is 3.78. The molecule has 0 N–H and O–H groups in total. The molecule has 2 heteroatoms. The summed E-state index contributed by atoms with van der Waals surface area (Å²) in [4.78, 5) is 12.6. The zero-order chi connectivity index (χ0) is 13.4. The summed E-state index contributed by atoms with van der Waals surface area (Å²) in [6.07, 6.45) is 1.09. The normalized spacial score (nSPS) is 12.9. The molecule has 1 aromatic heterocycles. The van der Waals surface area contributed by atoms with Crippen LogP contribution < -0.4 is 5.43 Å². The highest BCUT2D eigenvalue weighted by Crippen LogP contribution is 2.27. The van der Waals surface area contributed by atoms with Crippen LogP contribution in [0.1, 0.15) is 31.7 Å². The van der Waals surface area contributed by atoms with Crippen molar-refractivity contribution >= 4 is 31.5 Å². The number of hydrogen-bond donors (Lipinski definition) is 0. The van der Waals surface area contributed by atoms with Gasteiger partial charge in [-0.2, -0.15) is 0 Å². The Morgan fingerprint density at radius 3 is 2.58 bits per heavy atom. The molecule has 1 nitrogen and oxygen atoms in total. The fraction of sp³-hybridized carbons (Fsp3) is 0.235. The average Bonchev–Trinajstić information content (AvgIpc) is 2.46. The molecule has 0 saturated carbocycles. The van der Waals surface area contributed by atoms with Crippen molar-refractivity contribution in [1.82, 2.24) is 0 Å². The molecule has 1 atom stereocenters. The summed E-state index contributed by atoms with van der Waals surface area (Å²) in [5.41, 5.74) is 1.42. The molecule has 3 rings (SSSR count). The lowest BCUT2D eigenvalue weighted by Gasteiger charge is -2.10. The van der Waals surface area contributed by atoms with E-state index in [1.165, 1.54) is 5.56 Å². The van der Waals surface area contributed by atoms with Crippen LogP contribution in [-0.2, 0) is 0 Å². The summed E-state index contributed by atoms with van der Waals surface area (Å²) in [7, 11) is 0. The van der Waals surface area contributed by atoms with Crippen LogP contribution in [0, 0.1) is 0 Å². The maximum Gasteiger partial charge on any atom is 0.195 e. The van der Waals surface area contributed by atoms with Crippen molar-refractivity contribution in [2.45, 2.75) is 26.2 Å². The Morgan fingerprint density at radius 2 is 1.79 bits per heavy atom. The number of fused-ring (bicyclic) bond motifs is 2. The van der Waals surface area contributed by atoms with Crippen LogP contribution in [0.25, 0.3) is 20.2 Å². The van der Waals surface area contributed by atoms with Gasteiger partial charge in [-0.3, -0.25) is 4.79 Å². The Bertz CT molecular complexity index is 801. The summed E-state index contributed by atoms with van der Waals surface area (Å²) in [5, 5.41) is 1.70. The molecule has 0 aliphatic rings. The first-order valence-corrected chi connectivity index (χ1v) is 7.48. The summed E-state index contributed by atoms with van der Waals surface area (Å²) in [6.45, 7) is 4.38. The summed E-state index contributed by atoms with van der Waals surface area (Å²) >= 11 is 1.69. The van der Waals surface area contributed by atoms with E-state index >= 15 is 0 Å². The topological polar surface area (TPSA) is 17.1 Å². The van der Waals surface area contributed by atoms with Crippen molar-refractivity contribution in [2.75, 3.05) is 0 Å². The van der Waals surface area contributed by atoms with Gasteiger partial charge in [0, 0.05) is 20.2 Å². The molecule has 0 aliphatic carbocycles. The van der Waals surface area contributed by atoms with E-state index in [0.717, 1.165) is 26.6 Å². The number of benzene rings is 2. The molecule has 0 amide bonds. The number of hydrogen-bond acceptors (Lipinski definition) is 2. The Balaban J connectivity index is 2.36. The fourth-order valence-corrected chi connectivity index (χ4v) is 3.41. The standard InChI is InChI=1S/C17H16OS/c1-3-11(2)12-8-9-16-14(10-12)17(18)13-6-4-5-7-15(13)19-16/h4-11H,3H2,1-2H3. The highest BCUT2D eigenvalue weighted by Gasteiger charge is 2.08. The van der Waals surface area contributed by atoms with Crippen LogP contribution in [0.3, 0.4) is 0 Å². The lowest BCUT2D eigenvalue weighted by Crippen LogP contribution is -2.02. The van der Waals surface area contributed by atoms with Gasteiger partial charge in [0.1, 0.15) is 0 Å². The monoisotopic (exact) mass is 268 g/mol. The minimum atomic E-state index is 0.162. The molecular formula is C17H16OS. The predicted octanol–water partition coefficient (Wildman–Crippen LogP) is 4.93. The second kappa shape index (κ2) is 4.78. The van der Waals surface area contributed by atoms with Crippen LogP contribution in [0.4, 0.5) is 0 Å². The van der Waals surface area contributed by atoms with E-state index < -0.39 is 0 Å². The molecule has 19 heavy (non-hydrogen) atoms. The Kier molecular flexibility index (Phi) is 3.11. The molecular weight excluding hydrogens is 252 g/mol. The third kappa shape index (κ3) is 2.06. The van der Waals surface area contributed by atoms with Gasteiger partial charge in [0.15, 0.2) is 5.43 Å². The summed E-state index contributed by atoms with van der Waals surface area (Å²) < 4.78 is 2.15. The van der Waals surface area contributed by atoms with Crippen LogP contribution in [0.5, 0.6) is 0 Å². The molecule has 0 spiro atoms. The molecule has 0 aliphatic heterocycles. The van der Waals surface area contributed by atoms with Crippen LogP contribution >= 0.6 is 11.3 Å². The van der Waals surface area contributed by atoms with E-state index in [0.29, 0.717) is 5.92 Å². The fourth-order valence-electron chi connectivity index (χ4n) is 2.36. The Morgan fingerprint density at radius 1 is 1.05 bits per heavy atom. The summed E-state index contributed by atoms with van der Waals surface area (Å²) in [6, 6.07) is 14.2. The Labute approximate surface area is 116 Å². The van der Waals surface area contributed by atoms with Gasteiger partial charge in [0.2, 0.25) is 0 Å². The first kappa shape index (κ1) is 12.4. The minimum absolute atomic E-state index is 0.162. The van der Waals surface area contributed by atoms with Gasteiger partial charge in [-0.25, -0.2) is 0 Å². The quantitative estimate of drug-likeness (QED) is 0.602. The average molecular weight is 268 g/mol. The van der Waals surface area contributed by atoms with Crippen molar-refractivity contribution in [3.63, 3.8) is 0 Å².